The van der Waals surface area contributed by atoms with Crippen LogP contribution in [0.5, 0.6) is 0 Å². The Labute approximate surface area is 112 Å². The minimum absolute atomic E-state index is 0.452. The number of halogens is 1. The fraction of sp³-hybridized carbons (Fsp3) is 0.375. The summed E-state index contributed by atoms with van der Waals surface area (Å²) in [5, 5.41) is 2.71. The van der Waals surface area contributed by atoms with Crippen molar-refractivity contribution in [3.63, 3.8) is 0 Å². The van der Waals surface area contributed by atoms with Crippen LogP contribution in [0, 0.1) is 5.92 Å². The molecule has 0 saturated carbocycles. The maximum atomic E-state index is 3.87. The Morgan fingerprint density at radius 2 is 1.76 bits per heavy atom. The summed E-state index contributed by atoms with van der Waals surface area (Å²) in [4.78, 5) is 0.452. The molecule has 2 aromatic rings. The number of fused-ring (bicyclic) bond motifs is 1. The summed E-state index contributed by atoms with van der Waals surface area (Å²) >= 11 is 3.87. The molecule has 0 fully saturated rings. The van der Waals surface area contributed by atoms with Crippen LogP contribution in [0.1, 0.15) is 37.1 Å². The van der Waals surface area contributed by atoms with Crippen molar-refractivity contribution in [3.8, 4) is 0 Å². The van der Waals surface area contributed by atoms with Crippen molar-refractivity contribution >= 4 is 26.7 Å². The van der Waals surface area contributed by atoms with Crippen LogP contribution in [0.3, 0.4) is 0 Å². The predicted molar refractivity (Wildman–Crippen MR) is 79.7 cm³/mol. The lowest BCUT2D eigenvalue weighted by atomic mass is 9.93. The van der Waals surface area contributed by atoms with E-state index in [1.165, 1.54) is 29.2 Å². The van der Waals surface area contributed by atoms with Crippen LogP contribution >= 0.6 is 15.9 Å². The molecule has 0 N–H and O–H groups in total. The lowest BCUT2D eigenvalue weighted by Gasteiger charge is -2.19. The standard InChI is InChI=1S/C16H19Br/c1-3-7-12(2)16(17)15-11-6-9-13-8-4-5-10-14(13)15/h4-6,8-12,16H,3,7H2,1-2H3. The van der Waals surface area contributed by atoms with Crippen molar-refractivity contribution in [1.82, 2.24) is 0 Å². The molecule has 0 nitrogen and oxygen atoms in total. The molecule has 17 heavy (non-hydrogen) atoms. The normalized spacial score (nSPS) is 14.8. The lowest BCUT2D eigenvalue weighted by molar-refractivity contribution is 0.520. The van der Waals surface area contributed by atoms with Gasteiger partial charge >= 0.3 is 0 Å². The van der Waals surface area contributed by atoms with Gasteiger partial charge in [-0.05, 0) is 28.7 Å². The molecule has 0 amide bonds. The number of hydrogen-bond acceptors (Lipinski definition) is 0. The largest absolute Gasteiger partial charge is 0.0836 e. The molecule has 2 atom stereocenters. The van der Waals surface area contributed by atoms with Crippen LogP contribution in [0.4, 0.5) is 0 Å². The third kappa shape index (κ3) is 2.71. The van der Waals surface area contributed by atoms with Crippen LogP contribution in [-0.2, 0) is 0 Å². The van der Waals surface area contributed by atoms with Gasteiger partial charge in [0.1, 0.15) is 0 Å². The number of rotatable bonds is 4. The molecule has 0 heterocycles. The molecule has 0 aliphatic heterocycles. The van der Waals surface area contributed by atoms with Crippen molar-refractivity contribution < 1.29 is 0 Å². The molecule has 2 rings (SSSR count). The van der Waals surface area contributed by atoms with Gasteiger partial charge in [0, 0.05) is 4.83 Å². The maximum absolute atomic E-state index is 3.87. The van der Waals surface area contributed by atoms with Crippen LogP contribution < -0.4 is 0 Å². The van der Waals surface area contributed by atoms with Gasteiger partial charge < -0.3 is 0 Å². The van der Waals surface area contributed by atoms with E-state index in [1.54, 1.807) is 0 Å². The third-order valence-corrected chi connectivity index (χ3v) is 4.76. The summed E-state index contributed by atoms with van der Waals surface area (Å²) < 4.78 is 0. The average Bonchev–Trinajstić information content (AvgIpc) is 2.37. The van der Waals surface area contributed by atoms with Gasteiger partial charge in [0.05, 0.1) is 0 Å². The molecule has 0 aliphatic carbocycles. The van der Waals surface area contributed by atoms with Crippen molar-refractivity contribution in [2.75, 3.05) is 0 Å². The predicted octanol–water partition coefficient (Wildman–Crippen LogP) is 5.71. The lowest BCUT2D eigenvalue weighted by Crippen LogP contribution is -2.03. The molecule has 1 heteroatoms. The minimum Gasteiger partial charge on any atom is -0.0836 e. The molecule has 0 radical (unpaired) electrons. The smallest absolute Gasteiger partial charge is 0.0427 e. The van der Waals surface area contributed by atoms with Gasteiger partial charge in [-0.2, -0.15) is 0 Å². The van der Waals surface area contributed by atoms with E-state index in [1.807, 2.05) is 0 Å². The average molecular weight is 291 g/mol. The van der Waals surface area contributed by atoms with Gasteiger partial charge in [-0.25, -0.2) is 0 Å². The summed E-state index contributed by atoms with van der Waals surface area (Å²) in [6, 6.07) is 15.2. The monoisotopic (exact) mass is 290 g/mol. The molecule has 2 unspecified atom stereocenters. The first kappa shape index (κ1) is 12.6. The zero-order valence-corrected chi connectivity index (χ0v) is 12.1. The molecule has 0 bridgehead atoms. The van der Waals surface area contributed by atoms with Gasteiger partial charge in [0.2, 0.25) is 0 Å². The van der Waals surface area contributed by atoms with E-state index in [2.05, 4.69) is 72.2 Å². The van der Waals surface area contributed by atoms with Crippen molar-refractivity contribution in [3.05, 3.63) is 48.0 Å². The second kappa shape index (κ2) is 5.68. The zero-order chi connectivity index (χ0) is 12.3. The van der Waals surface area contributed by atoms with E-state index >= 15 is 0 Å². The van der Waals surface area contributed by atoms with Crippen LogP contribution in [-0.4, -0.2) is 0 Å². The van der Waals surface area contributed by atoms with E-state index in [9.17, 15) is 0 Å². The summed E-state index contributed by atoms with van der Waals surface area (Å²) in [5.41, 5.74) is 1.42. The van der Waals surface area contributed by atoms with E-state index in [0.29, 0.717) is 10.7 Å². The van der Waals surface area contributed by atoms with Crippen molar-refractivity contribution in [1.29, 1.82) is 0 Å². The second-order valence-electron chi connectivity index (χ2n) is 4.74. The molecule has 0 aliphatic rings. The molecular weight excluding hydrogens is 272 g/mol. The maximum Gasteiger partial charge on any atom is 0.0427 e. The van der Waals surface area contributed by atoms with Crippen LogP contribution in [0.15, 0.2) is 42.5 Å². The van der Waals surface area contributed by atoms with Crippen molar-refractivity contribution in [2.24, 2.45) is 5.92 Å². The SMILES string of the molecule is CCCC(C)C(Br)c1cccc2ccccc12. The highest BCUT2D eigenvalue weighted by Crippen LogP contribution is 2.37. The zero-order valence-electron chi connectivity index (χ0n) is 10.5. The molecule has 0 saturated heterocycles. The Kier molecular flexibility index (Phi) is 4.22. The van der Waals surface area contributed by atoms with Gasteiger partial charge in [0.25, 0.3) is 0 Å². The number of hydrogen-bond donors (Lipinski definition) is 0. The minimum atomic E-state index is 0.452. The van der Waals surface area contributed by atoms with Gasteiger partial charge in [-0.15, -0.1) is 0 Å². The van der Waals surface area contributed by atoms with Crippen LogP contribution in [0.2, 0.25) is 0 Å². The highest BCUT2D eigenvalue weighted by molar-refractivity contribution is 9.09. The fourth-order valence-corrected chi connectivity index (χ4v) is 3.06. The van der Waals surface area contributed by atoms with Gasteiger partial charge in [0.15, 0.2) is 0 Å². The summed E-state index contributed by atoms with van der Waals surface area (Å²) in [6.45, 7) is 4.57. The number of benzene rings is 2. The highest BCUT2D eigenvalue weighted by Gasteiger charge is 2.17. The molecule has 2 aromatic carbocycles. The molecule has 0 spiro atoms. The Morgan fingerprint density at radius 1 is 1.06 bits per heavy atom. The van der Waals surface area contributed by atoms with Gasteiger partial charge in [-0.1, -0.05) is 78.7 Å². The van der Waals surface area contributed by atoms with E-state index in [4.69, 9.17) is 0 Å². The quantitative estimate of drug-likeness (QED) is 0.633. The van der Waals surface area contributed by atoms with E-state index in [-0.39, 0.29) is 0 Å². The number of alkyl halides is 1. The van der Waals surface area contributed by atoms with E-state index < -0.39 is 0 Å². The Hall–Kier alpha value is -0.820. The highest BCUT2D eigenvalue weighted by atomic mass is 79.9. The topological polar surface area (TPSA) is 0 Å². The Morgan fingerprint density at radius 3 is 2.53 bits per heavy atom. The molecule has 90 valence electrons. The Balaban J connectivity index is 2.41. The summed E-state index contributed by atoms with van der Waals surface area (Å²) in [6.07, 6.45) is 2.51. The first-order chi connectivity index (χ1) is 8.24. The third-order valence-electron chi connectivity index (χ3n) is 3.36. The second-order valence-corrected chi connectivity index (χ2v) is 5.72. The molecule has 0 aromatic heterocycles. The van der Waals surface area contributed by atoms with Crippen LogP contribution in [0.25, 0.3) is 10.8 Å². The first-order valence-electron chi connectivity index (χ1n) is 6.35. The van der Waals surface area contributed by atoms with Gasteiger partial charge in [-0.3, -0.25) is 0 Å². The van der Waals surface area contributed by atoms with E-state index in [0.717, 1.165) is 0 Å². The molecular formula is C16H19Br. The summed E-state index contributed by atoms with van der Waals surface area (Å²) in [5.74, 6) is 0.672. The Bertz CT molecular complexity index is 484. The summed E-state index contributed by atoms with van der Waals surface area (Å²) in [7, 11) is 0. The van der Waals surface area contributed by atoms with Crippen molar-refractivity contribution in [2.45, 2.75) is 31.5 Å². The first-order valence-corrected chi connectivity index (χ1v) is 7.27. The fourth-order valence-electron chi connectivity index (χ4n) is 2.40.